The standard InChI is InChI=1S/C15H14FN3O2/c16-11-3-1-10(2-4-11)8-18-9-14(17)13-7-12(19(20)21)5-6-15(13)18/h1-7,14H,8-9,17H2/t14-/m0/s1. The predicted molar refractivity (Wildman–Crippen MR) is 77.5 cm³/mol. The number of hydrogen-bond donors (Lipinski definition) is 1. The average Bonchev–Trinajstić information content (AvgIpc) is 2.77. The molecule has 108 valence electrons. The summed E-state index contributed by atoms with van der Waals surface area (Å²) >= 11 is 0. The Morgan fingerprint density at radius 3 is 2.67 bits per heavy atom. The number of non-ortho nitro benzene ring substituents is 1. The van der Waals surface area contributed by atoms with Gasteiger partial charge in [0.05, 0.1) is 4.92 Å². The molecule has 0 saturated carbocycles. The summed E-state index contributed by atoms with van der Waals surface area (Å²) < 4.78 is 12.9. The van der Waals surface area contributed by atoms with Crippen molar-refractivity contribution >= 4 is 11.4 Å². The number of anilines is 1. The number of fused-ring (bicyclic) bond motifs is 1. The fourth-order valence-electron chi connectivity index (χ4n) is 2.63. The molecule has 2 aromatic carbocycles. The van der Waals surface area contributed by atoms with Gasteiger partial charge < -0.3 is 10.6 Å². The van der Waals surface area contributed by atoms with E-state index in [4.69, 9.17) is 5.73 Å². The molecular formula is C15H14FN3O2. The van der Waals surface area contributed by atoms with Crippen LogP contribution in [0.15, 0.2) is 42.5 Å². The third kappa shape index (κ3) is 2.57. The van der Waals surface area contributed by atoms with Gasteiger partial charge in [0.25, 0.3) is 5.69 Å². The van der Waals surface area contributed by atoms with Gasteiger partial charge in [-0.15, -0.1) is 0 Å². The Morgan fingerprint density at radius 2 is 2.00 bits per heavy atom. The molecular weight excluding hydrogens is 273 g/mol. The highest BCUT2D eigenvalue weighted by molar-refractivity contribution is 5.63. The van der Waals surface area contributed by atoms with Gasteiger partial charge in [-0.25, -0.2) is 4.39 Å². The Kier molecular flexibility index (Phi) is 3.31. The van der Waals surface area contributed by atoms with Crippen molar-refractivity contribution in [3.05, 3.63) is 69.5 Å². The smallest absolute Gasteiger partial charge is 0.269 e. The Labute approximate surface area is 120 Å². The van der Waals surface area contributed by atoms with Gasteiger partial charge in [-0.1, -0.05) is 12.1 Å². The minimum Gasteiger partial charge on any atom is -0.365 e. The number of hydrogen-bond acceptors (Lipinski definition) is 4. The van der Waals surface area contributed by atoms with Crippen LogP contribution in [0.1, 0.15) is 17.2 Å². The molecule has 21 heavy (non-hydrogen) atoms. The van der Waals surface area contributed by atoms with Gasteiger partial charge in [-0.3, -0.25) is 10.1 Å². The number of benzene rings is 2. The molecule has 0 fully saturated rings. The lowest BCUT2D eigenvalue weighted by atomic mass is 10.1. The monoisotopic (exact) mass is 287 g/mol. The van der Waals surface area contributed by atoms with Crippen molar-refractivity contribution in [1.29, 1.82) is 0 Å². The average molecular weight is 287 g/mol. The third-order valence-electron chi connectivity index (χ3n) is 3.67. The van der Waals surface area contributed by atoms with Crippen LogP contribution in [0.25, 0.3) is 0 Å². The van der Waals surface area contributed by atoms with Crippen LogP contribution in [0.5, 0.6) is 0 Å². The molecule has 1 aliphatic heterocycles. The molecule has 0 aliphatic carbocycles. The Bertz CT molecular complexity index is 688. The molecule has 1 heterocycles. The summed E-state index contributed by atoms with van der Waals surface area (Å²) in [6.45, 7) is 1.19. The van der Waals surface area contributed by atoms with Gasteiger partial charge in [-0.05, 0) is 23.8 Å². The van der Waals surface area contributed by atoms with Gasteiger partial charge >= 0.3 is 0 Å². The summed E-state index contributed by atoms with van der Waals surface area (Å²) in [4.78, 5) is 12.5. The first-order valence-corrected chi connectivity index (χ1v) is 6.58. The van der Waals surface area contributed by atoms with Crippen molar-refractivity contribution in [2.24, 2.45) is 5.73 Å². The fraction of sp³-hybridized carbons (Fsp3) is 0.200. The topological polar surface area (TPSA) is 72.4 Å². The van der Waals surface area contributed by atoms with Crippen LogP contribution < -0.4 is 10.6 Å². The zero-order chi connectivity index (χ0) is 15.0. The summed E-state index contributed by atoms with van der Waals surface area (Å²) in [5.41, 5.74) is 8.76. The van der Waals surface area contributed by atoms with Crippen LogP contribution >= 0.6 is 0 Å². The van der Waals surface area contributed by atoms with Crippen molar-refractivity contribution in [2.45, 2.75) is 12.6 Å². The van der Waals surface area contributed by atoms with Crippen LogP contribution in [0, 0.1) is 15.9 Å². The van der Waals surface area contributed by atoms with E-state index in [9.17, 15) is 14.5 Å². The second-order valence-electron chi connectivity index (χ2n) is 5.11. The quantitative estimate of drug-likeness (QED) is 0.696. The summed E-state index contributed by atoms with van der Waals surface area (Å²) in [5, 5.41) is 10.8. The lowest BCUT2D eigenvalue weighted by Gasteiger charge is -2.19. The molecule has 1 aliphatic rings. The molecule has 3 rings (SSSR count). The van der Waals surface area contributed by atoms with Crippen LogP contribution in [0.3, 0.4) is 0 Å². The third-order valence-corrected chi connectivity index (χ3v) is 3.67. The molecule has 6 heteroatoms. The highest BCUT2D eigenvalue weighted by Crippen LogP contribution is 2.36. The summed E-state index contributed by atoms with van der Waals surface area (Å²) in [6, 6.07) is 10.8. The molecule has 0 aromatic heterocycles. The minimum atomic E-state index is -0.421. The van der Waals surface area contributed by atoms with E-state index in [1.165, 1.54) is 24.3 Å². The van der Waals surface area contributed by atoms with E-state index in [-0.39, 0.29) is 17.5 Å². The van der Waals surface area contributed by atoms with E-state index in [2.05, 4.69) is 4.90 Å². The molecule has 0 spiro atoms. The normalized spacial score (nSPS) is 16.9. The number of nitro benzene ring substituents is 1. The van der Waals surface area contributed by atoms with E-state index < -0.39 is 4.92 Å². The molecule has 2 N–H and O–H groups in total. The lowest BCUT2D eigenvalue weighted by Crippen LogP contribution is -2.23. The maximum atomic E-state index is 12.9. The van der Waals surface area contributed by atoms with Crippen molar-refractivity contribution in [3.63, 3.8) is 0 Å². The molecule has 1 atom stereocenters. The minimum absolute atomic E-state index is 0.0489. The Balaban J connectivity index is 1.88. The lowest BCUT2D eigenvalue weighted by molar-refractivity contribution is -0.384. The molecule has 5 nitrogen and oxygen atoms in total. The van der Waals surface area contributed by atoms with Crippen molar-refractivity contribution in [1.82, 2.24) is 0 Å². The molecule has 0 unspecified atom stereocenters. The van der Waals surface area contributed by atoms with Gasteiger partial charge in [0, 0.05) is 42.5 Å². The van der Waals surface area contributed by atoms with Crippen LogP contribution in [0.2, 0.25) is 0 Å². The van der Waals surface area contributed by atoms with Crippen LogP contribution in [-0.4, -0.2) is 11.5 Å². The van der Waals surface area contributed by atoms with Crippen LogP contribution in [-0.2, 0) is 6.54 Å². The molecule has 0 amide bonds. The highest BCUT2D eigenvalue weighted by Gasteiger charge is 2.27. The van der Waals surface area contributed by atoms with E-state index in [1.54, 1.807) is 18.2 Å². The molecule has 0 radical (unpaired) electrons. The maximum Gasteiger partial charge on any atom is 0.269 e. The first-order chi connectivity index (χ1) is 10.0. The van der Waals surface area contributed by atoms with Gasteiger partial charge in [0.1, 0.15) is 5.82 Å². The second-order valence-corrected chi connectivity index (χ2v) is 5.11. The van der Waals surface area contributed by atoms with E-state index in [0.29, 0.717) is 13.1 Å². The van der Waals surface area contributed by atoms with Gasteiger partial charge in [0.2, 0.25) is 0 Å². The number of nitrogens with zero attached hydrogens (tertiary/aromatic N) is 2. The van der Waals surface area contributed by atoms with Crippen molar-refractivity contribution in [2.75, 3.05) is 11.4 Å². The van der Waals surface area contributed by atoms with Crippen molar-refractivity contribution < 1.29 is 9.31 Å². The zero-order valence-electron chi connectivity index (χ0n) is 11.2. The number of nitrogens with two attached hydrogens (primary N) is 1. The first-order valence-electron chi connectivity index (χ1n) is 6.58. The predicted octanol–water partition coefficient (Wildman–Crippen LogP) is 2.75. The number of nitro groups is 1. The summed E-state index contributed by atoms with van der Waals surface area (Å²) in [6.07, 6.45) is 0. The fourth-order valence-corrected chi connectivity index (χ4v) is 2.63. The van der Waals surface area contributed by atoms with E-state index >= 15 is 0 Å². The highest BCUT2D eigenvalue weighted by atomic mass is 19.1. The SMILES string of the molecule is N[C@H]1CN(Cc2ccc(F)cc2)c2ccc([N+](=O)[O-])cc21. The number of rotatable bonds is 3. The Hall–Kier alpha value is -2.47. The van der Waals surface area contributed by atoms with E-state index in [0.717, 1.165) is 16.8 Å². The maximum absolute atomic E-state index is 12.9. The van der Waals surface area contributed by atoms with Crippen molar-refractivity contribution in [3.8, 4) is 0 Å². The molecule has 0 bridgehead atoms. The van der Waals surface area contributed by atoms with Gasteiger partial charge in [-0.2, -0.15) is 0 Å². The van der Waals surface area contributed by atoms with E-state index in [1.807, 2.05) is 0 Å². The van der Waals surface area contributed by atoms with Crippen LogP contribution in [0.4, 0.5) is 15.8 Å². The largest absolute Gasteiger partial charge is 0.365 e. The second kappa shape index (κ2) is 5.14. The molecule has 0 saturated heterocycles. The number of halogens is 1. The summed E-state index contributed by atoms with van der Waals surface area (Å²) in [5.74, 6) is -0.270. The summed E-state index contributed by atoms with van der Waals surface area (Å²) in [7, 11) is 0. The Morgan fingerprint density at radius 1 is 1.29 bits per heavy atom. The first kappa shape index (κ1) is 13.5. The zero-order valence-corrected chi connectivity index (χ0v) is 11.2. The van der Waals surface area contributed by atoms with Gasteiger partial charge in [0.15, 0.2) is 0 Å². The molecule has 2 aromatic rings.